The van der Waals surface area contributed by atoms with Crippen molar-refractivity contribution in [2.24, 2.45) is 0 Å². The molecule has 3 rings (SSSR count). The minimum atomic E-state index is 0.613. The van der Waals surface area contributed by atoms with E-state index in [1.54, 1.807) is 29.8 Å². The molecule has 0 N–H and O–H groups in total. The Morgan fingerprint density at radius 3 is 3.06 bits per heavy atom. The lowest BCUT2D eigenvalue weighted by Crippen LogP contribution is -1.88. The van der Waals surface area contributed by atoms with Gasteiger partial charge in [0.1, 0.15) is 4.83 Å². The Labute approximate surface area is 107 Å². The van der Waals surface area contributed by atoms with E-state index in [2.05, 4.69) is 15.3 Å². The van der Waals surface area contributed by atoms with Crippen molar-refractivity contribution in [3.05, 3.63) is 34.7 Å². The maximum Gasteiger partial charge on any atom is 0.170 e. The van der Waals surface area contributed by atoms with Crippen LogP contribution in [0.25, 0.3) is 20.9 Å². The summed E-state index contributed by atoms with van der Waals surface area (Å²) in [6, 6.07) is 4.05. The summed E-state index contributed by atoms with van der Waals surface area (Å²) in [6.45, 7) is 0.613. The van der Waals surface area contributed by atoms with Crippen LogP contribution < -0.4 is 0 Å². The molecule has 0 aliphatic rings. The molecule has 0 fully saturated rings. The second kappa shape index (κ2) is 4.52. The molecule has 86 valence electrons. The fourth-order valence-electron chi connectivity index (χ4n) is 1.66. The van der Waals surface area contributed by atoms with E-state index in [4.69, 9.17) is 4.74 Å². The summed E-state index contributed by atoms with van der Waals surface area (Å²) in [5.74, 6) is 0.804. The van der Waals surface area contributed by atoms with E-state index in [-0.39, 0.29) is 0 Å². The van der Waals surface area contributed by atoms with Crippen LogP contribution in [0.1, 0.15) is 5.56 Å². The first-order chi connectivity index (χ1) is 8.38. The molecule has 0 radical (unpaired) electrons. The molecule has 0 aromatic carbocycles. The van der Waals surface area contributed by atoms with Gasteiger partial charge in [-0.05, 0) is 22.4 Å². The number of fused-ring (bicyclic) bond motifs is 1. The minimum Gasteiger partial charge on any atom is -0.380 e. The molecule has 0 spiro atoms. The van der Waals surface area contributed by atoms with E-state index in [1.807, 2.05) is 23.7 Å². The predicted molar refractivity (Wildman–Crippen MR) is 71.4 cm³/mol. The summed E-state index contributed by atoms with van der Waals surface area (Å²) in [7, 11) is 1.70. The van der Waals surface area contributed by atoms with Crippen molar-refractivity contribution in [1.29, 1.82) is 0 Å². The molecule has 0 atom stereocenters. The Bertz CT molecular complexity index is 631. The zero-order chi connectivity index (χ0) is 11.7. The first kappa shape index (κ1) is 10.8. The second-order valence-electron chi connectivity index (χ2n) is 3.58. The van der Waals surface area contributed by atoms with Crippen LogP contribution in [0.2, 0.25) is 0 Å². The van der Waals surface area contributed by atoms with E-state index < -0.39 is 0 Å². The molecule has 3 aromatic rings. The van der Waals surface area contributed by atoms with Gasteiger partial charge in [0.25, 0.3) is 0 Å². The number of nitrogens with zero attached hydrogens (tertiary/aromatic N) is 2. The van der Waals surface area contributed by atoms with Crippen LogP contribution in [0.15, 0.2) is 29.1 Å². The lowest BCUT2D eigenvalue weighted by Gasteiger charge is -1.98. The molecule has 3 aromatic heterocycles. The third kappa shape index (κ3) is 1.97. The van der Waals surface area contributed by atoms with Crippen molar-refractivity contribution < 1.29 is 4.74 Å². The molecule has 0 unspecified atom stereocenters. The van der Waals surface area contributed by atoms with E-state index >= 15 is 0 Å². The van der Waals surface area contributed by atoms with Gasteiger partial charge in [-0.1, -0.05) is 6.07 Å². The van der Waals surface area contributed by atoms with Crippen molar-refractivity contribution in [3.8, 4) is 10.7 Å². The summed E-state index contributed by atoms with van der Waals surface area (Å²) in [4.78, 5) is 11.1. The van der Waals surface area contributed by atoms with Crippen LogP contribution >= 0.6 is 22.7 Å². The lowest BCUT2D eigenvalue weighted by molar-refractivity contribution is 0.186. The van der Waals surface area contributed by atoms with Gasteiger partial charge in [0.05, 0.1) is 11.5 Å². The molecule has 0 aliphatic carbocycles. The monoisotopic (exact) mass is 262 g/mol. The van der Waals surface area contributed by atoms with Gasteiger partial charge in [0.15, 0.2) is 5.82 Å². The molecule has 3 heterocycles. The summed E-state index contributed by atoms with van der Waals surface area (Å²) in [6.07, 6.45) is 1.89. The first-order valence-electron chi connectivity index (χ1n) is 5.14. The quantitative estimate of drug-likeness (QED) is 0.724. The van der Waals surface area contributed by atoms with Crippen molar-refractivity contribution in [3.63, 3.8) is 0 Å². The van der Waals surface area contributed by atoms with E-state index in [9.17, 15) is 0 Å². The Morgan fingerprint density at radius 1 is 1.35 bits per heavy atom. The highest BCUT2D eigenvalue weighted by molar-refractivity contribution is 7.17. The molecule has 0 amide bonds. The van der Waals surface area contributed by atoms with Gasteiger partial charge in [0.2, 0.25) is 0 Å². The van der Waals surface area contributed by atoms with Crippen molar-refractivity contribution in [1.82, 2.24) is 9.97 Å². The van der Waals surface area contributed by atoms with Crippen LogP contribution in [-0.2, 0) is 11.3 Å². The highest BCUT2D eigenvalue weighted by atomic mass is 32.1. The standard InChI is InChI=1S/C12H10N2OS2/c1-15-6-8-7-17-12-9(8)5-13-11(14-12)10-3-2-4-16-10/h2-5,7H,6H2,1H3. The molecule has 17 heavy (non-hydrogen) atoms. The fraction of sp³-hybridized carbons (Fsp3) is 0.167. The molecule has 3 nitrogen and oxygen atoms in total. The Morgan fingerprint density at radius 2 is 2.29 bits per heavy atom. The number of ether oxygens (including phenoxy) is 1. The third-order valence-corrected chi connectivity index (χ3v) is 4.26. The zero-order valence-electron chi connectivity index (χ0n) is 9.21. The first-order valence-corrected chi connectivity index (χ1v) is 6.90. The van der Waals surface area contributed by atoms with Crippen LogP contribution in [0.5, 0.6) is 0 Å². The van der Waals surface area contributed by atoms with Crippen molar-refractivity contribution in [2.45, 2.75) is 6.61 Å². The predicted octanol–water partition coefficient (Wildman–Crippen LogP) is 3.57. The second-order valence-corrected chi connectivity index (χ2v) is 5.39. The number of aromatic nitrogens is 2. The fourth-order valence-corrected chi connectivity index (χ4v) is 3.22. The van der Waals surface area contributed by atoms with Gasteiger partial charge in [-0.15, -0.1) is 22.7 Å². The largest absolute Gasteiger partial charge is 0.380 e. The van der Waals surface area contributed by atoms with Gasteiger partial charge < -0.3 is 4.74 Å². The number of rotatable bonds is 3. The van der Waals surface area contributed by atoms with Gasteiger partial charge in [0, 0.05) is 18.7 Å². The van der Waals surface area contributed by atoms with E-state index in [0.29, 0.717) is 6.61 Å². The molecule has 0 bridgehead atoms. The lowest BCUT2D eigenvalue weighted by atomic mass is 10.2. The third-order valence-electron chi connectivity index (χ3n) is 2.45. The topological polar surface area (TPSA) is 35.0 Å². The van der Waals surface area contributed by atoms with Gasteiger partial charge >= 0.3 is 0 Å². The summed E-state index contributed by atoms with van der Waals surface area (Å²) in [5.41, 5.74) is 1.16. The van der Waals surface area contributed by atoms with Crippen molar-refractivity contribution >= 4 is 32.9 Å². The van der Waals surface area contributed by atoms with Gasteiger partial charge in [-0.25, -0.2) is 9.97 Å². The van der Waals surface area contributed by atoms with Gasteiger partial charge in [-0.3, -0.25) is 0 Å². The Hall–Kier alpha value is -1.30. The molecular formula is C12H10N2OS2. The average molecular weight is 262 g/mol. The molecular weight excluding hydrogens is 252 g/mol. The molecule has 5 heteroatoms. The van der Waals surface area contributed by atoms with E-state index in [1.165, 1.54) is 0 Å². The molecule has 0 saturated heterocycles. The normalized spacial score (nSPS) is 11.1. The summed E-state index contributed by atoms with van der Waals surface area (Å²) >= 11 is 3.30. The number of thiophene rings is 2. The van der Waals surface area contributed by atoms with Crippen LogP contribution in [-0.4, -0.2) is 17.1 Å². The summed E-state index contributed by atoms with van der Waals surface area (Å²) in [5, 5.41) is 5.21. The highest BCUT2D eigenvalue weighted by Gasteiger charge is 2.08. The van der Waals surface area contributed by atoms with Crippen LogP contribution in [0.4, 0.5) is 0 Å². The molecule has 0 aliphatic heterocycles. The Balaban J connectivity index is 2.09. The highest BCUT2D eigenvalue weighted by Crippen LogP contribution is 2.28. The van der Waals surface area contributed by atoms with E-state index in [0.717, 1.165) is 26.5 Å². The number of hydrogen-bond donors (Lipinski definition) is 0. The van der Waals surface area contributed by atoms with Gasteiger partial charge in [-0.2, -0.15) is 0 Å². The Kier molecular flexibility index (Phi) is 2.88. The SMILES string of the molecule is COCc1csc2nc(-c3cccs3)ncc12. The average Bonchev–Trinajstić information content (AvgIpc) is 2.98. The molecule has 0 saturated carbocycles. The smallest absolute Gasteiger partial charge is 0.170 e. The van der Waals surface area contributed by atoms with Crippen molar-refractivity contribution in [2.75, 3.05) is 7.11 Å². The summed E-state index contributed by atoms with van der Waals surface area (Å²) < 4.78 is 5.15. The minimum absolute atomic E-state index is 0.613. The maximum atomic E-state index is 5.15. The number of methoxy groups -OCH3 is 1. The number of hydrogen-bond acceptors (Lipinski definition) is 5. The maximum absolute atomic E-state index is 5.15. The zero-order valence-corrected chi connectivity index (χ0v) is 10.8. The van der Waals surface area contributed by atoms with Crippen LogP contribution in [0, 0.1) is 0 Å². The van der Waals surface area contributed by atoms with Crippen LogP contribution in [0.3, 0.4) is 0 Å².